The molecule has 1 aliphatic rings. The highest BCUT2D eigenvalue weighted by molar-refractivity contribution is 5.82. The molecule has 1 N–H and O–H groups in total. The lowest BCUT2D eigenvalue weighted by atomic mass is 9.86. The summed E-state index contributed by atoms with van der Waals surface area (Å²) >= 11 is 0. The summed E-state index contributed by atoms with van der Waals surface area (Å²) in [6.07, 6.45) is 5.46. The molecule has 2 aromatic heterocycles. The number of ether oxygens (including phenoxy) is 4. The molecule has 0 spiro atoms. The molecule has 0 amide bonds. The number of rotatable bonds is 11. The summed E-state index contributed by atoms with van der Waals surface area (Å²) in [6, 6.07) is 11.7. The highest BCUT2D eigenvalue weighted by atomic mass is 16.5. The van der Waals surface area contributed by atoms with E-state index in [1.54, 1.807) is 34.8 Å². The van der Waals surface area contributed by atoms with Crippen molar-refractivity contribution in [1.82, 2.24) is 25.0 Å². The first-order valence-corrected chi connectivity index (χ1v) is 13.4. The van der Waals surface area contributed by atoms with Crippen molar-refractivity contribution in [2.24, 2.45) is 5.92 Å². The Labute approximate surface area is 233 Å². The van der Waals surface area contributed by atoms with Crippen LogP contribution < -0.4 is 23.8 Å². The monoisotopic (exact) mass is 548 g/mol. The first kappa shape index (κ1) is 27.4. The Hall–Kier alpha value is -4.12. The van der Waals surface area contributed by atoms with E-state index in [4.69, 9.17) is 23.9 Å². The van der Waals surface area contributed by atoms with Gasteiger partial charge in [-0.2, -0.15) is 0 Å². The van der Waals surface area contributed by atoms with Gasteiger partial charge in [-0.25, -0.2) is 14.6 Å². The number of benzene rings is 2. The predicted molar refractivity (Wildman–Crippen MR) is 150 cm³/mol. The van der Waals surface area contributed by atoms with Crippen molar-refractivity contribution in [3.05, 3.63) is 53.9 Å². The fourth-order valence-electron chi connectivity index (χ4n) is 5.46. The third kappa shape index (κ3) is 5.60. The quantitative estimate of drug-likeness (QED) is 0.292. The first-order valence-electron chi connectivity index (χ1n) is 13.4. The Bertz CT molecular complexity index is 1390. The highest BCUT2D eigenvalue weighted by Gasteiger charge is 2.27. The number of aromatic nitrogens is 5. The fourth-order valence-corrected chi connectivity index (χ4v) is 5.46. The number of hydrogen-bond donors (Lipinski definition) is 1. The maximum absolute atomic E-state index is 9.75. The molecule has 0 bridgehead atoms. The van der Waals surface area contributed by atoms with Crippen molar-refractivity contribution in [3.63, 3.8) is 0 Å². The van der Waals surface area contributed by atoms with Crippen LogP contribution in [0.5, 0.6) is 23.0 Å². The van der Waals surface area contributed by atoms with Gasteiger partial charge in [-0.15, -0.1) is 5.10 Å². The second-order valence-electron chi connectivity index (χ2n) is 9.98. The van der Waals surface area contributed by atoms with E-state index >= 15 is 0 Å². The van der Waals surface area contributed by atoms with Gasteiger partial charge < -0.3 is 29.0 Å². The molecule has 212 valence electrons. The zero-order chi connectivity index (χ0) is 28.1. The molecule has 2 aromatic carbocycles. The first-order chi connectivity index (χ1) is 19.6. The number of aliphatic hydroxyl groups is 1. The van der Waals surface area contributed by atoms with Crippen molar-refractivity contribution < 1.29 is 24.1 Å². The average molecular weight is 549 g/mol. The summed E-state index contributed by atoms with van der Waals surface area (Å²) in [6.45, 7) is 1.12. The van der Waals surface area contributed by atoms with Crippen LogP contribution in [0.4, 0.5) is 5.82 Å². The predicted octanol–water partition coefficient (Wildman–Crippen LogP) is 4.19. The van der Waals surface area contributed by atoms with Gasteiger partial charge in [-0.1, -0.05) is 11.6 Å². The number of fused-ring (bicyclic) bond motifs is 1. The lowest BCUT2D eigenvalue weighted by Crippen LogP contribution is -2.25. The summed E-state index contributed by atoms with van der Waals surface area (Å²) in [5.74, 6) is 3.76. The SMILES string of the molecule is COc1ccc(CN(Cc2ccc(OC)cc2OC)c2ncnc3c2nnn3[C@@H]2CCC[C@H](CO)C2)c(OC)c1. The van der Waals surface area contributed by atoms with Crippen LogP contribution in [0.3, 0.4) is 0 Å². The van der Waals surface area contributed by atoms with Crippen LogP contribution in [0.2, 0.25) is 0 Å². The molecule has 0 unspecified atom stereocenters. The topological polar surface area (TPSA) is 117 Å². The van der Waals surface area contributed by atoms with Gasteiger partial charge in [-0.3, -0.25) is 0 Å². The summed E-state index contributed by atoms with van der Waals surface area (Å²) in [4.78, 5) is 11.4. The number of methoxy groups -OCH3 is 4. The lowest BCUT2D eigenvalue weighted by molar-refractivity contribution is 0.158. The van der Waals surface area contributed by atoms with Crippen LogP contribution in [-0.2, 0) is 13.1 Å². The molecular weight excluding hydrogens is 512 g/mol. The maximum Gasteiger partial charge on any atom is 0.184 e. The molecule has 2 heterocycles. The van der Waals surface area contributed by atoms with Gasteiger partial charge in [0.2, 0.25) is 0 Å². The molecule has 2 atom stereocenters. The van der Waals surface area contributed by atoms with Crippen LogP contribution >= 0.6 is 0 Å². The Morgan fingerprint density at radius 2 is 1.52 bits per heavy atom. The molecule has 1 saturated carbocycles. The van der Waals surface area contributed by atoms with E-state index in [1.807, 2.05) is 41.1 Å². The van der Waals surface area contributed by atoms with E-state index in [0.717, 1.165) is 36.8 Å². The van der Waals surface area contributed by atoms with Crippen molar-refractivity contribution in [2.45, 2.75) is 44.8 Å². The molecule has 4 aromatic rings. The molecule has 11 nitrogen and oxygen atoms in total. The summed E-state index contributed by atoms with van der Waals surface area (Å²) < 4.78 is 24.1. The zero-order valence-corrected chi connectivity index (χ0v) is 23.4. The van der Waals surface area contributed by atoms with Crippen molar-refractivity contribution in [2.75, 3.05) is 39.9 Å². The fraction of sp³-hybridized carbons (Fsp3) is 0.448. The normalized spacial score (nSPS) is 17.0. The van der Waals surface area contributed by atoms with Crippen molar-refractivity contribution >= 4 is 17.0 Å². The molecule has 40 heavy (non-hydrogen) atoms. The number of aliphatic hydroxyl groups excluding tert-OH is 1. The molecule has 0 aliphatic heterocycles. The Morgan fingerprint density at radius 1 is 0.875 bits per heavy atom. The van der Waals surface area contributed by atoms with E-state index in [2.05, 4.69) is 20.2 Å². The lowest BCUT2D eigenvalue weighted by Gasteiger charge is -2.28. The van der Waals surface area contributed by atoms with Crippen LogP contribution in [0.25, 0.3) is 11.2 Å². The van der Waals surface area contributed by atoms with Gasteiger partial charge in [-0.05, 0) is 49.4 Å². The Kier molecular flexibility index (Phi) is 8.49. The van der Waals surface area contributed by atoms with Gasteiger partial charge in [0.15, 0.2) is 17.0 Å². The van der Waals surface area contributed by atoms with Gasteiger partial charge in [0.25, 0.3) is 0 Å². The van der Waals surface area contributed by atoms with Gasteiger partial charge >= 0.3 is 0 Å². The van der Waals surface area contributed by atoms with Gasteiger partial charge in [0.1, 0.15) is 29.3 Å². The summed E-state index contributed by atoms with van der Waals surface area (Å²) in [7, 11) is 6.56. The average Bonchev–Trinajstić information content (AvgIpc) is 3.45. The Balaban J connectivity index is 1.57. The zero-order valence-electron chi connectivity index (χ0n) is 23.4. The van der Waals surface area contributed by atoms with E-state index < -0.39 is 0 Å². The van der Waals surface area contributed by atoms with Crippen molar-refractivity contribution in [3.8, 4) is 23.0 Å². The van der Waals surface area contributed by atoms with E-state index in [-0.39, 0.29) is 18.6 Å². The number of hydrogen-bond acceptors (Lipinski definition) is 10. The van der Waals surface area contributed by atoms with E-state index in [9.17, 15) is 5.11 Å². The molecule has 1 aliphatic carbocycles. The Morgan fingerprint density at radius 3 is 2.10 bits per heavy atom. The summed E-state index contributed by atoms with van der Waals surface area (Å²) in [5, 5.41) is 18.9. The van der Waals surface area contributed by atoms with Crippen LogP contribution in [-0.4, -0.2) is 65.1 Å². The molecule has 0 saturated heterocycles. The molecular formula is C29H36N6O5. The van der Waals surface area contributed by atoms with Crippen LogP contribution in [0.1, 0.15) is 42.9 Å². The summed E-state index contributed by atoms with van der Waals surface area (Å²) in [5.41, 5.74) is 3.21. The maximum atomic E-state index is 9.75. The third-order valence-corrected chi connectivity index (χ3v) is 7.61. The van der Waals surface area contributed by atoms with E-state index in [1.165, 1.54) is 0 Å². The molecule has 11 heteroatoms. The molecule has 1 fully saturated rings. The van der Waals surface area contributed by atoms with E-state index in [0.29, 0.717) is 53.1 Å². The van der Waals surface area contributed by atoms with Gasteiger partial charge in [0, 0.05) is 43.0 Å². The minimum Gasteiger partial charge on any atom is -0.497 e. The van der Waals surface area contributed by atoms with Crippen molar-refractivity contribution in [1.29, 1.82) is 0 Å². The molecule has 5 rings (SSSR count). The third-order valence-electron chi connectivity index (χ3n) is 7.61. The highest BCUT2D eigenvalue weighted by Crippen LogP contribution is 2.36. The second-order valence-corrected chi connectivity index (χ2v) is 9.98. The largest absolute Gasteiger partial charge is 0.497 e. The molecule has 0 radical (unpaired) electrons. The second kappa shape index (κ2) is 12.4. The van der Waals surface area contributed by atoms with Gasteiger partial charge in [0.05, 0.1) is 34.5 Å². The number of anilines is 1. The number of nitrogens with zero attached hydrogens (tertiary/aromatic N) is 6. The minimum absolute atomic E-state index is 0.135. The minimum atomic E-state index is 0.135. The smallest absolute Gasteiger partial charge is 0.184 e. The standard InChI is InChI=1S/C29H36N6O5/c1-37-23-10-8-20(25(13-23)39-3)15-34(16-21-9-11-24(38-2)14-26(21)40-4)28-27-29(31-18-30-28)35(33-32-27)22-7-5-6-19(12-22)17-36/h8-11,13-14,18-19,22,36H,5-7,12,15-17H2,1-4H3/t19-,22+/m0/s1. The van der Waals surface area contributed by atoms with Crippen LogP contribution in [0, 0.1) is 5.92 Å². The van der Waals surface area contributed by atoms with Crippen LogP contribution in [0.15, 0.2) is 42.7 Å².